The number of pyridine rings is 1. The molecule has 156 valence electrons. The van der Waals surface area contributed by atoms with Crippen molar-refractivity contribution in [3.05, 3.63) is 54.7 Å². The summed E-state index contributed by atoms with van der Waals surface area (Å²) in [7, 11) is 1.59. The molecule has 3 heterocycles. The predicted octanol–water partition coefficient (Wildman–Crippen LogP) is 3.32. The van der Waals surface area contributed by atoms with Crippen LogP contribution in [0.4, 0.5) is 4.79 Å². The van der Waals surface area contributed by atoms with E-state index >= 15 is 0 Å². The first-order chi connectivity index (χ1) is 14.7. The number of piperidine rings is 1. The van der Waals surface area contributed by atoms with Crippen molar-refractivity contribution in [1.29, 1.82) is 0 Å². The Labute approximate surface area is 173 Å². The fourth-order valence-corrected chi connectivity index (χ4v) is 3.14. The number of aromatic nitrogens is 3. The summed E-state index contributed by atoms with van der Waals surface area (Å²) in [6.45, 7) is 1.36. The van der Waals surface area contributed by atoms with E-state index in [9.17, 15) is 4.79 Å². The van der Waals surface area contributed by atoms with Gasteiger partial charge in [0, 0.05) is 31.0 Å². The molecular weight excluding hydrogens is 388 g/mol. The van der Waals surface area contributed by atoms with Gasteiger partial charge in [-0.3, -0.25) is 4.98 Å². The zero-order chi connectivity index (χ0) is 20.8. The van der Waals surface area contributed by atoms with Gasteiger partial charge < -0.3 is 23.6 Å². The van der Waals surface area contributed by atoms with Gasteiger partial charge in [0.1, 0.15) is 18.1 Å². The number of methoxy groups -OCH3 is 1. The van der Waals surface area contributed by atoms with Gasteiger partial charge in [0.05, 0.1) is 13.2 Å². The molecule has 2 aromatic heterocycles. The second-order valence-electron chi connectivity index (χ2n) is 6.79. The summed E-state index contributed by atoms with van der Waals surface area (Å²) < 4.78 is 21.7. The van der Waals surface area contributed by atoms with E-state index in [0.29, 0.717) is 49.1 Å². The average molecular weight is 410 g/mol. The SMILES string of the molecule is COc1ccc(OC(=O)N2CCC(OCc3nc(-c4ccncc4)no3)CC2)cc1. The molecule has 0 N–H and O–H groups in total. The molecule has 0 spiro atoms. The molecule has 0 bridgehead atoms. The molecular formula is C21H22N4O5. The Morgan fingerprint density at radius 1 is 1.10 bits per heavy atom. The Balaban J connectivity index is 1.22. The molecule has 0 unspecified atom stereocenters. The number of ether oxygens (including phenoxy) is 3. The fourth-order valence-electron chi connectivity index (χ4n) is 3.14. The normalized spacial score (nSPS) is 14.5. The van der Waals surface area contributed by atoms with Gasteiger partial charge in [-0.1, -0.05) is 5.16 Å². The van der Waals surface area contributed by atoms with Crippen LogP contribution in [0.2, 0.25) is 0 Å². The lowest BCUT2D eigenvalue weighted by Gasteiger charge is -2.30. The maximum Gasteiger partial charge on any atom is 0.415 e. The number of hydrogen-bond acceptors (Lipinski definition) is 8. The molecule has 4 rings (SSSR count). The topological polar surface area (TPSA) is 99.8 Å². The van der Waals surface area contributed by atoms with Crippen LogP contribution in [0.1, 0.15) is 18.7 Å². The van der Waals surface area contributed by atoms with Gasteiger partial charge in [0.2, 0.25) is 5.82 Å². The first-order valence-electron chi connectivity index (χ1n) is 9.66. The number of hydrogen-bond donors (Lipinski definition) is 0. The van der Waals surface area contributed by atoms with Crippen LogP contribution in [-0.2, 0) is 11.3 Å². The molecule has 1 amide bonds. The fraction of sp³-hybridized carbons (Fsp3) is 0.333. The van der Waals surface area contributed by atoms with Crippen molar-refractivity contribution in [1.82, 2.24) is 20.0 Å². The van der Waals surface area contributed by atoms with Crippen molar-refractivity contribution >= 4 is 6.09 Å². The van der Waals surface area contributed by atoms with Gasteiger partial charge in [-0.05, 0) is 49.2 Å². The number of benzene rings is 1. The summed E-state index contributed by atoms with van der Waals surface area (Å²) in [6, 6.07) is 10.5. The molecule has 9 heteroatoms. The van der Waals surface area contributed by atoms with Gasteiger partial charge in [0.15, 0.2) is 0 Å². The largest absolute Gasteiger partial charge is 0.497 e. The third-order valence-corrected chi connectivity index (χ3v) is 4.81. The Morgan fingerprint density at radius 2 is 1.80 bits per heavy atom. The van der Waals surface area contributed by atoms with Crippen molar-refractivity contribution in [2.75, 3.05) is 20.2 Å². The smallest absolute Gasteiger partial charge is 0.415 e. The maximum absolute atomic E-state index is 12.3. The average Bonchev–Trinajstić information content (AvgIpc) is 3.28. The molecule has 30 heavy (non-hydrogen) atoms. The summed E-state index contributed by atoms with van der Waals surface area (Å²) in [5.74, 6) is 2.12. The quantitative estimate of drug-likeness (QED) is 0.610. The minimum Gasteiger partial charge on any atom is -0.497 e. The van der Waals surface area contributed by atoms with Crippen molar-refractivity contribution in [3.8, 4) is 22.9 Å². The molecule has 0 radical (unpaired) electrons. The standard InChI is InChI=1S/C21H22N4O5/c1-27-16-2-4-18(5-3-16)29-21(26)25-12-8-17(9-13-25)28-14-19-23-20(24-30-19)15-6-10-22-11-7-15/h2-7,10-11,17H,8-9,12-14H2,1H3. The zero-order valence-electron chi connectivity index (χ0n) is 16.6. The van der Waals surface area contributed by atoms with Crippen LogP contribution >= 0.6 is 0 Å². The van der Waals surface area contributed by atoms with E-state index in [2.05, 4.69) is 15.1 Å². The highest BCUT2D eigenvalue weighted by Gasteiger charge is 2.25. The van der Waals surface area contributed by atoms with Crippen LogP contribution in [0.25, 0.3) is 11.4 Å². The lowest BCUT2D eigenvalue weighted by atomic mass is 10.1. The molecule has 0 atom stereocenters. The molecule has 3 aromatic rings. The van der Waals surface area contributed by atoms with Crippen molar-refractivity contribution in [2.45, 2.75) is 25.6 Å². The maximum atomic E-state index is 12.3. The highest BCUT2D eigenvalue weighted by atomic mass is 16.6. The monoisotopic (exact) mass is 410 g/mol. The number of amides is 1. The molecule has 0 saturated carbocycles. The summed E-state index contributed by atoms with van der Waals surface area (Å²) in [4.78, 5) is 22.3. The van der Waals surface area contributed by atoms with E-state index in [1.54, 1.807) is 48.7 Å². The van der Waals surface area contributed by atoms with Gasteiger partial charge in [-0.15, -0.1) is 0 Å². The molecule has 0 aliphatic carbocycles. The van der Waals surface area contributed by atoms with Gasteiger partial charge in [-0.2, -0.15) is 4.98 Å². The molecule has 1 aromatic carbocycles. The molecule has 9 nitrogen and oxygen atoms in total. The van der Waals surface area contributed by atoms with Crippen molar-refractivity contribution < 1.29 is 23.5 Å². The number of nitrogens with zero attached hydrogens (tertiary/aromatic N) is 4. The van der Waals surface area contributed by atoms with E-state index in [-0.39, 0.29) is 18.8 Å². The summed E-state index contributed by atoms with van der Waals surface area (Å²) in [6.07, 6.45) is 4.43. The van der Waals surface area contributed by atoms with Crippen LogP contribution in [0.15, 0.2) is 53.3 Å². The van der Waals surface area contributed by atoms with Crippen molar-refractivity contribution in [2.24, 2.45) is 0 Å². The third-order valence-electron chi connectivity index (χ3n) is 4.81. The van der Waals surface area contributed by atoms with Gasteiger partial charge in [0.25, 0.3) is 5.89 Å². The number of carbonyl (C=O) groups excluding carboxylic acids is 1. The van der Waals surface area contributed by atoms with Crippen LogP contribution in [-0.4, -0.2) is 52.4 Å². The van der Waals surface area contributed by atoms with Gasteiger partial charge in [-0.25, -0.2) is 4.79 Å². The van der Waals surface area contributed by atoms with Crippen LogP contribution in [0.3, 0.4) is 0 Å². The Morgan fingerprint density at radius 3 is 2.50 bits per heavy atom. The second kappa shape index (κ2) is 9.36. The number of rotatable bonds is 6. The molecule has 1 aliphatic rings. The summed E-state index contributed by atoms with van der Waals surface area (Å²) in [5, 5.41) is 3.96. The Hall–Kier alpha value is -3.46. The minimum atomic E-state index is -0.363. The molecule has 1 saturated heterocycles. The zero-order valence-corrected chi connectivity index (χ0v) is 16.6. The van der Waals surface area contributed by atoms with Crippen LogP contribution in [0, 0.1) is 0 Å². The van der Waals surface area contributed by atoms with Crippen LogP contribution < -0.4 is 9.47 Å². The van der Waals surface area contributed by atoms with E-state index in [4.69, 9.17) is 18.7 Å². The number of likely N-dealkylation sites (tertiary alicyclic amines) is 1. The van der Waals surface area contributed by atoms with Crippen molar-refractivity contribution in [3.63, 3.8) is 0 Å². The van der Waals surface area contributed by atoms with E-state index in [0.717, 1.165) is 5.56 Å². The molecule has 1 fully saturated rings. The van der Waals surface area contributed by atoms with E-state index < -0.39 is 0 Å². The first-order valence-corrected chi connectivity index (χ1v) is 9.66. The minimum absolute atomic E-state index is 0.0197. The molecule has 1 aliphatic heterocycles. The van der Waals surface area contributed by atoms with E-state index in [1.807, 2.05) is 12.1 Å². The van der Waals surface area contributed by atoms with Gasteiger partial charge >= 0.3 is 6.09 Å². The Bertz CT molecular complexity index is 953. The van der Waals surface area contributed by atoms with E-state index in [1.165, 1.54) is 0 Å². The first kappa shape index (κ1) is 19.8. The predicted molar refractivity (Wildman–Crippen MR) is 106 cm³/mol. The Kier molecular flexibility index (Phi) is 6.19. The summed E-state index contributed by atoms with van der Waals surface area (Å²) >= 11 is 0. The third kappa shape index (κ3) is 4.93. The lowest BCUT2D eigenvalue weighted by Crippen LogP contribution is -2.42. The summed E-state index contributed by atoms with van der Waals surface area (Å²) in [5.41, 5.74) is 0.837. The lowest BCUT2D eigenvalue weighted by molar-refractivity contribution is -0.00891. The highest BCUT2D eigenvalue weighted by molar-refractivity contribution is 5.70. The highest BCUT2D eigenvalue weighted by Crippen LogP contribution is 2.21. The second-order valence-corrected chi connectivity index (χ2v) is 6.79. The number of carbonyl (C=O) groups is 1. The van der Waals surface area contributed by atoms with Crippen LogP contribution in [0.5, 0.6) is 11.5 Å².